The molecule has 0 aliphatic rings. The number of thioether (sulfide) groups is 1. The number of anilines is 1. The van der Waals surface area contributed by atoms with Gasteiger partial charge in [-0.3, -0.25) is 9.36 Å². The predicted octanol–water partition coefficient (Wildman–Crippen LogP) is 4.22. The van der Waals surface area contributed by atoms with Gasteiger partial charge in [0.05, 0.1) is 23.9 Å². The van der Waals surface area contributed by atoms with E-state index in [2.05, 4.69) is 11.1 Å². The molecule has 136 valence electrons. The molecule has 0 saturated carbocycles. The van der Waals surface area contributed by atoms with Crippen LogP contribution >= 0.6 is 11.8 Å². The third kappa shape index (κ3) is 4.57. The first-order chi connectivity index (χ1) is 13.2. The van der Waals surface area contributed by atoms with Gasteiger partial charge >= 0.3 is 0 Å². The van der Waals surface area contributed by atoms with E-state index in [1.165, 1.54) is 11.8 Å². The number of imidazole rings is 1. The molecule has 0 fully saturated rings. The molecule has 3 aromatic rings. The van der Waals surface area contributed by atoms with Crippen LogP contribution in [0.4, 0.5) is 5.69 Å². The predicted molar refractivity (Wildman–Crippen MR) is 108 cm³/mol. The van der Waals surface area contributed by atoms with Crippen LogP contribution in [-0.2, 0) is 4.79 Å². The topological polar surface area (TPSA) is 61.9 Å². The second-order valence-electron chi connectivity index (χ2n) is 5.94. The third-order valence-corrected chi connectivity index (χ3v) is 5.07. The number of hydrogen-bond donors (Lipinski definition) is 0. The lowest BCUT2D eigenvalue weighted by atomic mass is 10.2. The van der Waals surface area contributed by atoms with Gasteiger partial charge in [0.2, 0.25) is 5.91 Å². The smallest absolute Gasteiger partial charge is 0.237 e. The molecule has 1 heterocycles. The molecule has 0 spiro atoms. The van der Waals surface area contributed by atoms with Gasteiger partial charge in [-0.15, -0.1) is 0 Å². The molecule has 6 heteroatoms. The van der Waals surface area contributed by atoms with E-state index >= 15 is 0 Å². The second kappa shape index (κ2) is 9.06. The van der Waals surface area contributed by atoms with E-state index in [1.54, 1.807) is 11.1 Å². The van der Waals surface area contributed by atoms with Crippen LogP contribution in [0, 0.1) is 18.3 Å². The Balaban J connectivity index is 1.74. The van der Waals surface area contributed by atoms with Crippen molar-refractivity contribution in [3.05, 3.63) is 72.6 Å². The standard InChI is InChI=1S/C21H20N4OS/c1-17-8-5-6-11-19(17)25-15-13-23-21(25)27-16-20(26)24(14-7-12-22)18-9-3-2-4-10-18/h2-6,8-11,13,15H,7,14,16H2,1H3. The summed E-state index contributed by atoms with van der Waals surface area (Å²) in [6.45, 7) is 2.43. The molecule has 0 aliphatic carbocycles. The molecule has 3 rings (SSSR count). The monoisotopic (exact) mass is 376 g/mol. The lowest BCUT2D eigenvalue weighted by Gasteiger charge is -2.21. The zero-order chi connectivity index (χ0) is 19.1. The fourth-order valence-corrected chi connectivity index (χ4v) is 3.63. The minimum absolute atomic E-state index is 0.0409. The maximum Gasteiger partial charge on any atom is 0.237 e. The number of benzene rings is 2. The summed E-state index contributed by atoms with van der Waals surface area (Å²) in [6.07, 6.45) is 3.94. The first-order valence-corrected chi connectivity index (χ1v) is 9.64. The Morgan fingerprint density at radius 2 is 1.93 bits per heavy atom. The maximum atomic E-state index is 12.8. The van der Waals surface area contributed by atoms with Gasteiger partial charge < -0.3 is 4.90 Å². The van der Waals surface area contributed by atoms with Crippen LogP contribution in [-0.4, -0.2) is 27.8 Å². The van der Waals surface area contributed by atoms with Crippen molar-refractivity contribution in [1.82, 2.24) is 9.55 Å². The van der Waals surface area contributed by atoms with Crippen molar-refractivity contribution in [3.63, 3.8) is 0 Å². The van der Waals surface area contributed by atoms with Crippen molar-refractivity contribution in [2.75, 3.05) is 17.2 Å². The van der Waals surface area contributed by atoms with E-state index in [9.17, 15) is 4.79 Å². The highest BCUT2D eigenvalue weighted by molar-refractivity contribution is 7.99. The molecular weight excluding hydrogens is 356 g/mol. The second-order valence-corrected chi connectivity index (χ2v) is 6.89. The summed E-state index contributed by atoms with van der Waals surface area (Å²) >= 11 is 1.40. The number of carbonyl (C=O) groups is 1. The van der Waals surface area contributed by atoms with Crippen molar-refractivity contribution < 1.29 is 4.79 Å². The summed E-state index contributed by atoms with van der Waals surface area (Å²) in [6, 6.07) is 19.6. The van der Waals surface area contributed by atoms with Crippen molar-refractivity contribution in [1.29, 1.82) is 5.26 Å². The Hall–Kier alpha value is -3.04. The summed E-state index contributed by atoms with van der Waals surface area (Å²) in [5.41, 5.74) is 3.00. The molecule has 5 nitrogen and oxygen atoms in total. The first-order valence-electron chi connectivity index (χ1n) is 8.65. The zero-order valence-electron chi connectivity index (χ0n) is 15.1. The average Bonchev–Trinajstić information content (AvgIpc) is 3.16. The average molecular weight is 376 g/mol. The van der Waals surface area contributed by atoms with Crippen molar-refractivity contribution in [3.8, 4) is 11.8 Å². The molecular formula is C21H20N4OS. The number of aromatic nitrogens is 2. The fourth-order valence-electron chi connectivity index (χ4n) is 2.79. The van der Waals surface area contributed by atoms with Crippen LogP contribution in [0.5, 0.6) is 0 Å². The summed E-state index contributed by atoms with van der Waals surface area (Å²) in [7, 11) is 0. The number of hydrogen-bond acceptors (Lipinski definition) is 4. The number of aryl methyl sites for hydroxylation is 1. The van der Waals surface area contributed by atoms with E-state index < -0.39 is 0 Å². The number of nitrogens with zero attached hydrogens (tertiary/aromatic N) is 4. The van der Waals surface area contributed by atoms with Gasteiger partial charge in [-0.05, 0) is 30.7 Å². The van der Waals surface area contributed by atoms with Crippen LogP contribution < -0.4 is 4.90 Å². The molecule has 0 aliphatic heterocycles. The number of carbonyl (C=O) groups excluding carboxylic acids is 1. The molecule has 0 radical (unpaired) electrons. The molecule has 0 N–H and O–H groups in total. The zero-order valence-corrected chi connectivity index (χ0v) is 15.9. The maximum absolute atomic E-state index is 12.8. The quantitative estimate of drug-likeness (QED) is 0.579. The van der Waals surface area contributed by atoms with Crippen molar-refractivity contribution in [2.45, 2.75) is 18.5 Å². The fraction of sp³-hybridized carbons (Fsp3) is 0.190. The van der Waals surface area contributed by atoms with Crippen LogP contribution in [0.2, 0.25) is 0 Å². The highest BCUT2D eigenvalue weighted by Crippen LogP contribution is 2.24. The van der Waals surface area contributed by atoms with E-state index in [0.29, 0.717) is 13.0 Å². The van der Waals surface area contributed by atoms with Gasteiger partial charge in [-0.2, -0.15) is 5.26 Å². The van der Waals surface area contributed by atoms with Gasteiger partial charge in [-0.1, -0.05) is 48.2 Å². The Morgan fingerprint density at radius 3 is 2.67 bits per heavy atom. The lowest BCUT2D eigenvalue weighted by Crippen LogP contribution is -2.33. The largest absolute Gasteiger partial charge is 0.311 e. The molecule has 0 bridgehead atoms. The van der Waals surface area contributed by atoms with E-state index in [0.717, 1.165) is 22.1 Å². The van der Waals surface area contributed by atoms with E-state index in [1.807, 2.05) is 72.3 Å². The highest BCUT2D eigenvalue weighted by atomic mass is 32.2. The number of nitriles is 1. The SMILES string of the molecule is Cc1ccccc1-n1ccnc1SCC(=O)N(CCC#N)c1ccccc1. The van der Waals surface area contributed by atoms with Crippen LogP contribution in [0.15, 0.2) is 72.1 Å². The van der Waals surface area contributed by atoms with Crippen LogP contribution in [0.1, 0.15) is 12.0 Å². The number of para-hydroxylation sites is 2. The summed E-state index contributed by atoms with van der Waals surface area (Å²) in [5.74, 6) is 0.212. The minimum Gasteiger partial charge on any atom is -0.311 e. The van der Waals surface area contributed by atoms with Gasteiger partial charge in [0.15, 0.2) is 5.16 Å². The minimum atomic E-state index is -0.0409. The molecule has 0 unspecified atom stereocenters. The summed E-state index contributed by atoms with van der Waals surface area (Å²) < 4.78 is 2.00. The molecule has 1 amide bonds. The van der Waals surface area contributed by atoms with Crippen LogP contribution in [0.3, 0.4) is 0 Å². The Morgan fingerprint density at radius 1 is 1.19 bits per heavy atom. The van der Waals surface area contributed by atoms with E-state index in [4.69, 9.17) is 5.26 Å². The third-order valence-electron chi connectivity index (χ3n) is 4.12. The van der Waals surface area contributed by atoms with Gasteiger partial charge in [0.1, 0.15) is 0 Å². The normalized spacial score (nSPS) is 10.4. The number of amides is 1. The van der Waals surface area contributed by atoms with Crippen LogP contribution in [0.25, 0.3) is 5.69 Å². The van der Waals surface area contributed by atoms with Gasteiger partial charge in [0.25, 0.3) is 0 Å². The lowest BCUT2D eigenvalue weighted by molar-refractivity contribution is -0.116. The van der Waals surface area contributed by atoms with Gasteiger partial charge in [-0.25, -0.2) is 4.98 Å². The van der Waals surface area contributed by atoms with E-state index in [-0.39, 0.29) is 11.7 Å². The molecule has 1 aromatic heterocycles. The van der Waals surface area contributed by atoms with Crippen molar-refractivity contribution >= 4 is 23.4 Å². The summed E-state index contributed by atoms with van der Waals surface area (Å²) in [5, 5.41) is 9.68. The number of rotatable bonds is 7. The Labute approximate surface area is 163 Å². The molecule has 0 atom stereocenters. The molecule has 2 aromatic carbocycles. The first kappa shape index (κ1) is 18.7. The molecule has 0 saturated heterocycles. The summed E-state index contributed by atoms with van der Waals surface area (Å²) in [4.78, 5) is 18.9. The van der Waals surface area contributed by atoms with Gasteiger partial charge in [0, 0.05) is 24.6 Å². The van der Waals surface area contributed by atoms with Crippen molar-refractivity contribution in [2.24, 2.45) is 0 Å². The molecule has 27 heavy (non-hydrogen) atoms. The Kier molecular flexibility index (Phi) is 6.29. The highest BCUT2D eigenvalue weighted by Gasteiger charge is 2.17. The Bertz CT molecular complexity index is 946.